The van der Waals surface area contributed by atoms with Crippen molar-refractivity contribution in [3.8, 4) is 0 Å². The molecule has 1 heterocycles. The van der Waals surface area contributed by atoms with Crippen LogP contribution < -0.4 is 5.73 Å². The molecule has 0 bridgehead atoms. The Labute approximate surface area is 144 Å². The summed E-state index contributed by atoms with van der Waals surface area (Å²) in [6.45, 7) is 1.73. The van der Waals surface area contributed by atoms with Gasteiger partial charge in [0.05, 0.1) is 0 Å². The molecule has 0 spiro atoms. The van der Waals surface area contributed by atoms with Gasteiger partial charge in [-0.05, 0) is 25.3 Å². The summed E-state index contributed by atoms with van der Waals surface area (Å²) in [7, 11) is -3.49. The molecule has 8 heteroatoms. The molecular formula is C15H19F2IN2O2S. The van der Waals surface area contributed by atoms with Crippen LogP contribution in [0.15, 0.2) is 29.3 Å². The molecule has 0 saturated heterocycles. The van der Waals surface area contributed by atoms with Crippen LogP contribution in [0, 0.1) is 5.82 Å². The number of halogens is 3. The number of nitrogens with zero attached hydrogens (tertiary/aromatic N) is 1. The maximum absolute atomic E-state index is 14.2. The second-order valence-electron chi connectivity index (χ2n) is 5.55. The lowest BCUT2D eigenvalue weighted by atomic mass is 9.89. The minimum atomic E-state index is -3.49. The smallest absolute Gasteiger partial charge is 0.160 e. The quantitative estimate of drug-likeness (QED) is 0.430. The number of nitrogens with two attached hydrogens (primary N) is 1. The van der Waals surface area contributed by atoms with Crippen molar-refractivity contribution in [2.75, 3.05) is 6.26 Å². The Kier molecular flexibility index (Phi) is 5.24. The van der Waals surface area contributed by atoms with Crippen molar-refractivity contribution >= 4 is 40.7 Å². The van der Waals surface area contributed by atoms with Crippen LogP contribution in [0.4, 0.5) is 8.78 Å². The number of hydrogen-bond donors (Lipinski definition) is 1. The van der Waals surface area contributed by atoms with E-state index in [1.165, 1.54) is 6.07 Å². The molecule has 1 aliphatic rings. The number of aliphatic imine (C=N–C) groups is 1. The molecule has 2 rings (SSSR count). The van der Waals surface area contributed by atoms with Crippen LogP contribution in [-0.4, -0.2) is 29.5 Å². The molecule has 0 radical (unpaired) electrons. The van der Waals surface area contributed by atoms with E-state index in [0.717, 1.165) is 6.26 Å². The lowest BCUT2D eigenvalue weighted by Crippen LogP contribution is -2.53. The van der Waals surface area contributed by atoms with E-state index in [1.54, 1.807) is 25.1 Å². The second kappa shape index (κ2) is 6.54. The molecule has 0 aliphatic carbocycles. The van der Waals surface area contributed by atoms with E-state index in [0.29, 0.717) is 4.27 Å². The molecule has 1 aliphatic heterocycles. The Hall–Kier alpha value is -0.900. The van der Waals surface area contributed by atoms with Crippen LogP contribution >= 0.6 is 20.7 Å². The Morgan fingerprint density at radius 1 is 1.39 bits per heavy atom. The summed E-state index contributed by atoms with van der Waals surface area (Å²) in [5.74, 6) is -0.521. The van der Waals surface area contributed by atoms with Crippen molar-refractivity contribution < 1.29 is 17.2 Å². The zero-order valence-corrected chi connectivity index (χ0v) is 15.9. The molecule has 0 aromatic heterocycles. The summed E-state index contributed by atoms with van der Waals surface area (Å²) >= 11 is -1.28. The molecule has 0 saturated carbocycles. The van der Waals surface area contributed by atoms with E-state index < -0.39 is 44.7 Å². The highest BCUT2D eigenvalue weighted by atomic mass is 127. The first-order chi connectivity index (χ1) is 10.7. The van der Waals surface area contributed by atoms with Gasteiger partial charge in [0.1, 0.15) is 24.2 Å². The molecule has 1 aromatic carbocycles. The standard InChI is InChI=1S/C15H19F2IN2O2S/c1-3-14(23(2,21)22)8-9-15(18-10-16,20-13(14)19)11-6-4-5-7-12(11)17/h4-7,10H,3,8-9H2,1-2H3,(H2,19,20)/t14?,15-/m0/s1. The summed E-state index contributed by atoms with van der Waals surface area (Å²) in [6.07, 6.45) is 1.88. The summed E-state index contributed by atoms with van der Waals surface area (Å²) in [5, 5.41) is 0. The number of amidine groups is 1. The van der Waals surface area contributed by atoms with E-state index >= 15 is 0 Å². The third-order valence-electron chi connectivity index (χ3n) is 4.41. The molecule has 2 atom stereocenters. The maximum atomic E-state index is 14.2. The van der Waals surface area contributed by atoms with Crippen molar-refractivity contribution in [1.29, 1.82) is 0 Å². The minimum absolute atomic E-state index is 0.0430. The van der Waals surface area contributed by atoms with Gasteiger partial charge in [0.2, 0.25) is 0 Å². The molecular weight excluding hydrogens is 437 g/mol. The van der Waals surface area contributed by atoms with Crippen molar-refractivity contribution in [2.45, 2.75) is 34.5 Å². The highest BCUT2D eigenvalue weighted by Gasteiger charge is 2.50. The van der Waals surface area contributed by atoms with E-state index in [2.05, 4.69) is 4.99 Å². The summed E-state index contributed by atoms with van der Waals surface area (Å²) < 4.78 is 49.9. The van der Waals surface area contributed by atoms with E-state index in [9.17, 15) is 17.2 Å². The van der Waals surface area contributed by atoms with Crippen molar-refractivity contribution in [3.05, 3.63) is 35.6 Å². The largest absolute Gasteiger partial charge is 0.386 e. The Balaban J connectivity index is 2.68. The first kappa shape index (κ1) is 18.4. The monoisotopic (exact) mass is 456 g/mol. The Morgan fingerprint density at radius 2 is 2.04 bits per heavy atom. The Morgan fingerprint density at radius 3 is 2.52 bits per heavy atom. The molecule has 1 unspecified atom stereocenters. The molecule has 4 nitrogen and oxygen atoms in total. The Bertz CT molecular complexity index is 766. The topological polar surface area (TPSA) is 72.5 Å². The SMILES string of the molecule is CCC1(S(C)(=O)=O)CC[C@@](I=CF)(c2ccccc2F)N=C1N. The fourth-order valence-electron chi connectivity index (χ4n) is 3.01. The normalized spacial score (nSPS) is 29.1. The summed E-state index contributed by atoms with van der Waals surface area (Å²) in [5.41, 5.74) is 6.31. The fourth-order valence-corrected chi connectivity index (χ4v) is 6.58. The van der Waals surface area contributed by atoms with Gasteiger partial charge in [-0.15, -0.1) is 0 Å². The molecule has 0 fully saturated rings. The maximum Gasteiger partial charge on any atom is 0.160 e. The van der Waals surface area contributed by atoms with Crippen LogP contribution in [-0.2, 0) is 13.4 Å². The zero-order chi connectivity index (χ0) is 17.3. The first-order valence-corrected chi connectivity index (χ1v) is 11.3. The van der Waals surface area contributed by atoms with Gasteiger partial charge in [-0.2, -0.15) is 0 Å². The molecule has 1 aromatic rings. The fraction of sp³-hybridized carbons (Fsp3) is 0.467. The van der Waals surface area contributed by atoms with Crippen molar-refractivity contribution in [1.82, 2.24) is 0 Å². The lowest BCUT2D eigenvalue weighted by molar-refractivity contribution is 0.458. The van der Waals surface area contributed by atoms with E-state index in [4.69, 9.17) is 5.73 Å². The third kappa shape index (κ3) is 3.07. The zero-order valence-electron chi connectivity index (χ0n) is 12.9. The number of sulfone groups is 1. The molecule has 23 heavy (non-hydrogen) atoms. The van der Waals surface area contributed by atoms with Gasteiger partial charge in [-0.3, -0.25) is 0 Å². The number of alkyl halides is 1. The summed E-state index contributed by atoms with van der Waals surface area (Å²) in [6, 6.07) is 6.07. The van der Waals surface area contributed by atoms with Crippen LogP contribution in [0.3, 0.4) is 0 Å². The molecule has 128 valence electrons. The number of benzene rings is 1. The second-order valence-corrected chi connectivity index (χ2v) is 10.8. The van der Waals surface area contributed by atoms with E-state index in [1.807, 2.05) is 0 Å². The molecule has 2 N–H and O–H groups in total. The predicted octanol–water partition coefficient (Wildman–Crippen LogP) is 3.02. The molecule has 0 amide bonds. The average molecular weight is 456 g/mol. The van der Waals surface area contributed by atoms with Gasteiger partial charge in [-0.1, -0.05) is 45.9 Å². The third-order valence-corrected chi connectivity index (χ3v) is 9.16. The lowest BCUT2D eigenvalue weighted by Gasteiger charge is -2.40. The van der Waals surface area contributed by atoms with Crippen LogP contribution in [0.5, 0.6) is 0 Å². The minimum Gasteiger partial charge on any atom is -0.386 e. The van der Waals surface area contributed by atoms with Gasteiger partial charge in [0.25, 0.3) is 0 Å². The van der Waals surface area contributed by atoms with Gasteiger partial charge in [-0.25, -0.2) is 22.2 Å². The van der Waals surface area contributed by atoms with Crippen LogP contribution in [0.2, 0.25) is 0 Å². The average Bonchev–Trinajstić information content (AvgIpc) is 2.47. The van der Waals surface area contributed by atoms with E-state index in [-0.39, 0.29) is 30.7 Å². The highest BCUT2D eigenvalue weighted by Crippen LogP contribution is 2.49. The van der Waals surface area contributed by atoms with Crippen molar-refractivity contribution in [3.63, 3.8) is 0 Å². The predicted molar refractivity (Wildman–Crippen MR) is 98.0 cm³/mol. The van der Waals surface area contributed by atoms with Crippen molar-refractivity contribution in [2.24, 2.45) is 10.7 Å². The van der Waals surface area contributed by atoms with Gasteiger partial charge in [0, 0.05) is 11.8 Å². The highest BCUT2D eigenvalue weighted by molar-refractivity contribution is 14.2. The van der Waals surface area contributed by atoms with Crippen LogP contribution in [0.25, 0.3) is 0 Å². The first-order valence-electron chi connectivity index (χ1n) is 7.09. The number of rotatable bonds is 4. The summed E-state index contributed by atoms with van der Waals surface area (Å²) in [4.78, 5) is 4.38. The number of hydrogen-bond acceptors (Lipinski definition) is 4. The van der Waals surface area contributed by atoms with Gasteiger partial charge >= 0.3 is 0 Å². The van der Waals surface area contributed by atoms with Gasteiger partial charge in [0.15, 0.2) is 9.84 Å². The van der Waals surface area contributed by atoms with Gasteiger partial charge < -0.3 is 5.73 Å². The van der Waals surface area contributed by atoms with Crippen LogP contribution in [0.1, 0.15) is 31.7 Å².